The Morgan fingerprint density at radius 3 is 2.43 bits per heavy atom. The number of ether oxygens (including phenoxy) is 1. The van der Waals surface area contributed by atoms with Crippen LogP contribution in [0.2, 0.25) is 0 Å². The van der Waals surface area contributed by atoms with Gasteiger partial charge in [0.25, 0.3) is 0 Å². The number of amides is 3. The molecule has 2 fully saturated rings. The molecule has 0 aliphatic carbocycles. The molecule has 2 aliphatic heterocycles. The summed E-state index contributed by atoms with van der Waals surface area (Å²) in [5.41, 5.74) is 0.583. The first kappa shape index (κ1) is 26.9. The van der Waals surface area contributed by atoms with Crippen LogP contribution in [-0.2, 0) is 29.9 Å². The van der Waals surface area contributed by atoms with Gasteiger partial charge in [0.15, 0.2) is 9.84 Å². The summed E-state index contributed by atoms with van der Waals surface area (Å²) in [7, 11) is -3.74. The molecule has 3 amide bonds. The van der Waals surface area contributed by atoms with Gasteiger partial charge in [-0.1, -0.05) is 30.3 Å². The third-order valence-corrected chi connectivity index (χ3v) is 7.94. The molecule has 0 spiro atoms. The maximum atomic E-state index is 13.2. The van der Waals surface area contributed by atoms with Crippen LogP contribution in [0.3, 0.4) is 0 Å². The fourth-order valence-electron chi connectivity index (χ4n) is 4.36. The number of nitrogens with zero attached hydrogens (tertiary/aromatic N) is 2. The lowest BCUT2D eigenvalue weighted by atomic mass is 10.0. The zero-order valence-corrected chi connectivity index (χ0v) is 20.4. The summed E-state index contributed by atoms with van der Waals surface area (Å²) in [5.74, 6) is -2.90. The highest BCUT2D eigenvalue weighted by atomic mass is 32.2. The minimum absolute atomic E-state index is 0.163. The number of hydrogen-bond acceptors (Lipinski definition) is 7. The van der Waals surface area contributed by atoms with Gasteiger partial charge < -0.3 is 30.1 Å². The standard InChI is InChI=1S/C23H33N3O8S/c27-20-14-26(23(30)31)8-4-7-19(20)24-22(29)18(13-21(28)25-9-11-34-12-10-25)16-35(32,33)15-17-5-2-1-3-6-17/h1-3,5-6,18-20,27H,4,7-16H2,(H,24,29)(H,30,31). The summed E-state index contributed by atoms with van der Waals surface area (Å²) >= 11 is 0. The molecule has 12 heteroatoms. The largest absolute Gasteiger partial charge is 0.465 e. The molecule has 1 aromatic carbocycles. The minimum atomic E-state index is -3.74. The second kappa shape index (κ2) is 12.3. The van der Waals surface area contributed by atoms with Gasteiger partial charge in [0.05, 0.1) is 49.3 Å². The van der Waals surface area contributed by atoms with Gasteiger partial charge in [0, 0.05) is 26.1 Å². The Bertz CT molecular complexity index is 982. The van der Waals surface area contributed by atoms with E-state index in [0.29, 0.717) is 44.7 Å². The molecule has 0 bridgehead atoms. The molecule has 3 unspecified atom stereocenters. The highest BCUT2D eigenvalue weighted by molar-refractivity contribution is 7.90. The third-order valence-electron chi connectivity index (χ3n) is 6.25. The maximum absolute atomic E-state index is 13.2. The Morgan fingerprint density at radius 1 is 1.09 bits per heavy atom. The van der Waals surface area contributed by atoms with Crippen LogP contribution in [0.15, 0.2) is 30.3 Å². The lowest BCUT2D eigenvalue weighted by molar-refractivity contribution is -0.139. The number of likely N-dealkylation sites (tertiary alicyclic amines) is 1. The number of hydrogen-bond donors (Lipinski definition) is 3. The number of aliphatic hydroxyl groups excluding tert-OH is 1. The van der Waals surface area contributed by atoms with E-state index in [9.17, 15) is 33.0 Å². The average Bonchev–Trinajstić information content (AvgIpc) is 3.00. The summed E-state index contributed by atoms with van der Waals surface area (Å²) in [6, 6.07) is 7.85. The fraction of sp³-hybridized carbons (Fsp3) is 0.609. The van der Waals surface area contributed by atoms with Crippen molar-refractivity contribution < 1.29 is 37.8 Å². The van der Waals surface area contributed by atoms with Crippen LogP contribution in [0.5, 0.6) is 0 Å². The second-order valence-corrected chi connectivity index (χ2v) is 11.1. The number of carbonyl (C=O) groups excluding carboxylic acids is 2. The van der Waals surface area contributed by atoms with Crippen molar-refractivity contribution in [3.63, 3.8) is 0 Å². The molecule has 2 aliphatic rings. The van der Waals surface area contributed by atoms with Gasteiger partial charge in [0.1, 0.15) is 0 Å². The minimum Gasteiger partial charge on any atom is -0.465 e. The van der Waals surface area contributed by atoms with E-state index in [2.05, 4.69) is 5.32 Å². The number of carboxylic acid groups (broad SMARTS) is 1. The Labute approximate surface area is 205 Å². The van der Waals surface area contributed by atoms with E-state index in [1.807, 2.05) is 0 Å². The number of aliphatic hydroxyl groups is 1. The molecule has 0 aromatic heterocycles. The molecule has 3 rings (SSSR count). The average molecular weight is 512 g/mol. The van der Waals surface area contributed by atoms with Crippen molar-refractivity contribution >= 4 is 27.7 Å². The molecule has 0 radical (unpaired) electrons. The van der Waals surface area contributed by atoms with Crippen molar-refractivity contribution in [2.45, 2.75) is 37.2 Å². The number of nitrogens with one attached hydrogen (secondary N) is 1. The molecule has 3 atom stereocenters. The van der Waals surface area contributed by atoms with E-state index in [1.165, 1.54) is 0 Å². The van der Waals surface area contributed by atoms with Crippen LogP contribution in [-0.4, -0.2) is 104 Å². The Morgan fingerprint density at radius 2 is 1.77 bits per heavy atom. The molecule has 2 saturated heterocycles. The van der Waals surface area contributed by atoms with E-state index in [4.69, 9.17) is 4.74 Å². The first-order valence-corrected chi connectivity index (χ1v) is 13.5. The van der Waals surface area contributed by atoms with Crippen LogP contribution < -0.4 is 5.32 Å². The first-order valence-electron chi connectivity index (χ1n) is 11.7. The third kappa shape index (κ3) is 8.18. The van der Waals surface area contributed by atoms with Crippen LogP contribution in [0.1, 0.15) is 24.8 Å². The first-order chi connectivity index (χ1) is 16.6. The molecule has 35 heavy (non-hydrogen) atoms. The normalized spacial score (nSPS) is 22.2. The summed E-state index contributed by atoms with van der Waals surface area (Å²) in [6.45, 7) is 1.56. The predicted octanol–water partition coefficient (Wildman–Crippen LogP) is 0.0860. The van der Waals surface area contributed by atoms with E-state index in [-0.39, 0.29) is 31.2 Å². The van der Waals surface area contributed by atoms with Crippen LogP contribution in [0.4, 0.5) is 4.79 Å². The Balaban J connectivity index is 1.72. The smallest absolute Gasteiger partial charge is 0.407 e. The topological polar surface area (TPSA) is 154 Å². The van der Waals surface area contributed by atoms with Crippen molar-refractivity contribution in [1.82, 2.24) is 15.1 Å². The highest BCUT2D eigenvalue weighted by Crippen LogP contribution is 2.18. The molecule has 0 saturated carbocycles. The molecule has 1 aromatic rings. The zero-order valence-electron chi connectivity index (χ0n) is 19.5. The monoisotopic (exact) mass is 511 g/mol. The van der Waals surface area contributed by atoms with E-state index in [0.717, 1.165) is 4.90 Å². The van der Waals surface area contributed by atoms with Gasteiger partial charge in [-0.25, -0.2) is 13.2 Å². The molecule has 2 heterocycles. The van der Waals surface area contributed by atoms with Gasteiger partial charge in [-0.3, -0.25) is 9.59 Å². The number of sulfone groups is 1. The van der Waals surface area contributed by atoms with Crippen LogP contribution >= 0.6 is 0 Å². The van der Waals surface area contributed by atoms with Gasteiger partial charge in [-0.15, -0.1) is 0 Å². The summed E-state index contributed by atoms with van der Waals surface area (Å²) in [4.78, 5) is 40.0. The van der Waals surface area contributed by atoms with Crippen LogP contribution in [0.25, 0.3) is 0 Å². The SMILES string of the molecule is O=C(NC1CCCN(C(=O)O)CC1O)C(CC(=O)N1CCOCC1)CS(=O)(=O)Cc1ccccc1. The Hall–Kier alpha value is -2.70. The van der Waals surface area contributed by atoms with E-state index < -0.39 is 45.7 Å². The Kier molecular flexibility index (Phi) is 9.47. The number of carbonyl (C=O) groups is 3. The molecular formula is C23H33N3O8S. The van der Waals surface area contributed by atoms with Crippen molar-refractivity contribution in [1.29, 1.82) is 0 Å². The summed E-state index contributed by atoms with van der Waals surface area (Å²) < 4.78 is 31.2. The van der Waals surface area contributed by atoms with Gasteiger partial charge >= 0.3 is 6.09 Å². The van der Waals surface area contributed by atoms with Gasteiger partial charge in [0.2, 0.25) is 11.8 Å². The van der Waals surface area contributed by atoms with E-state index >= 15 is 0 Å². The molecule has 194 valence electrons. The maximum Gasteiger partial charge on any atom is 0.407 e. The van der Waals surface area contributed by atoms with Gasteiger partial charge in [-0.05, 0) is 18.4 Å². The zero-order chi connectivity index (χ0) is 25.4. The lowest BCUT2D eigenvalue weighted by Crippen LogP contribution is -2.50. The fourth-order valence-corrected chi connectivity index (χ4v) is 6.06. The lowest BCUT2D eigenvalue weighted by Gasteiger charge is -2.29. The number of benzene rings is 1. The highest BCUT2D eigenvalue weighted by Gasteiger charge is 2.34. The van der Waals surface area contributed by atoms with E-state index in [1.54, 1.807) is 35.2 Å². The van der Waals surface area contributed by atoms with Gasteiger partial charge in [-0.2, -0.15) is 0 Å². The van der Waals surface area contributed by atoms with Crippen molar-refractivity contribution in [2.75, 3.05) is 45.1 Å². The predicted molar refractivity (Wildman–Crippen MR) is 126 cm³/mol. The molecule has 11 nitrogen and oxygen atoms in total. The van der Waals surface area contributed by atoms with Crippen molar-refractivity contribution in [2.24, 2.45) is 5.92 Å². The van der Waals surface area contributed by atoms with Crippen molar-refractivity contribution in [3.8, 4) is 0 Å². The van der Waals surface area contributed by atoms with Crippen LogP contribution in [0, 0.1) is 5.92 Å². The summed E-state index contributed by atoms with van der Waals surface area (Å²) in [5, 5.41) is 22.4. The molecular weight excluding hydrogens is 478 g/mol. The number of rotatable bonds is 8. The number of morpholine rings is 1. The molecule has 3 N–H and O–H groups in total. The summed E-state index contributed by atoms with van der Waals surface area (Å²) in [6.07, 6.45) is -1.83. The van der Waals surface area contributed by atoms with Crippen molar-refractivity contribution in [3.05, 3.63) is 35.9 Å². The quantitative estimate of drug-likeness (QED) is 0.444. The number of β-amino-alcohol motifs (C(OH)–C–C–N with tert-alkyl or cyclic N) is 1. The second-order valence-electron chi connectivity index (χ2n) is 8.99.